The molecule has 1 aromatic heterocycles. The van der Waals surface area contributed by atoms with Crippen molar-refractivity contribution in [2.75, 3.05) is 5.32 Å². The predicted molar refractivity (Wildman–Crippen MR) is 132 cm³/mol. The van der Waals surface area contributed by atoms with Crippen molar-refractivity contribution in [3.8, 4) is 11.3 Å². The first-order valence-corrected chi connectivity index (χ1v) is 10.6. The lowest BCUT2D eigenvalue weighted by atomic mass is 10.0. The van der Waals surface area contributed by atoms with Crippen molar-refractivity contribution in [2.45, 2.75) is 6.92 Å². The largest absolute Gasteiger partial charge is 0.332 e. The first-order valence-electron chi connectivity index (χ1n) is 9.80. The SMILES string of the molecule is CC(=O)c1ccc(NC(=S)NC(=O)c2cc(-c3ccc(Cl)cc3)nc3ccccc23)cc1. The minimum absolute atomic E-state index is 0.0199. The van der Waals surface area contributed by atoms with Crippen LogP contribution in [0.1, 0.15) is 27.6 Å². The number of hydrogen-bond donors (Lipinski definition) is 2. The van der Waals surface area contributed by atoms with Crippen molar-refractivity contribution >= 4 is 57.2 Å². The Balaban J connectivity index is 1.60. The minimum Gasteiger partial charge on any atom is -0.332 e. The molecule has 158 valence electrons. The Morgan fingerprint density at radius 1 is 0.938 bits per heavy atom. The molecule has 0 bridgehead atoms. The third-order valence-corrected chi connectivity index (χ3v) is 5.33. The van der Waals surface area contributed by atoms with Gasteiger partial charge in [0.05, 0.1) is 16.8 Å². The Morgan fingerprint density at radius 3 is 2.31 bits per heavy atom. The van der Waals surface area contributed by atoms with Crippen LogP contribution in [-0.4, -0.2) is 21.8 Å². The maximum Gasteiger partial charge on any atom is 0.258 e. The lowest BCUT2D eigenvalue weighted by molar-refractivity contribution is 0.0977. The molecule has 0 aliphatic carbocycles. The van der Waals surface area contributed by atoms with Gasteiger partial charge in [0, 0.05) is 27.2 Å². The Labute approximate surface area is 195 Å². The van der Waals surface area contributed by atoms with Gasteiger partial charge in [0.2, 0.25) is 0 Å². The van der Waals surface area contributed by atoms with Crippen LogP contribution < -0.4 is 10.6 Å². The highest BCUT2D eigenvalue weighted by molar-refractivity contribution is 7.80. The molecule has 0 radical (unpaired) electrons. The summed E-state index contributed by atoms with van der Waals surface area (Å²) in [7, 11) is 0. The fourth-order valence-corrected chi connectivity index (χ4v) is 3.59. The molecule has 0 fully saturated rings. The maximum atomic E-state index is 13.1. The third-order valence-electron chi connectivity index (χ3n) is 4.88. The van der Waals surface area contributed by atoms with Gasteiger partial charge in [0.1, 0.15) is 0 Å². The number of hydrogen-bond acceptors (Lipinski definition) is 4. The summed E-state index contributed by atoms with van der Waals surface area (Å²) in [4.78, 5) is 29.2. The number of halogens is 1. The first kappa shape index (κ1) is 21.6. The van der Waals surface area contributed by atoms with Crippen LogP contribution in [0.25, 0.3) is 22.2 Å². The number of pyridine rings is 1. The van der Waals surface area contributed by atoms with Gasteiger partial charge in [-0.15, -0.1) is 0 Å². The van der Waals surface area contributed by atoms with Gasteiger partial charge in [-0.05, 0) is 67.7 Å². The van der Waals surface area contributed by atoms with Gasteiger partial charge in [-0.2, -0.15) is 0 Å². The molecule has 0 aliphatic heterocycles. The standard InChI is InChI=1S/C25H18ClN3O2S/c1-15(30)16-8-12-19(13-9-16)27-25(32)29-24(31)21-14-23(17-6-10-18(26)11-7-17)28-22-5-3-2-4-20(21)22/h2-14H,1H3,(H2,27,29,31,32). The molecule has 1 heterocycles. The number of amides is 1. The highest BCUT2D eigenvalue weighted by atomic mass is 35.5. The van der Waals surface area contributed by atoms with Crippen molar-refractivity contribution < 1.29 is 9.59 Å². The second-order valence-corrected chi connectivity index (χ2v) is 7.97. The molecule has 0 unspecified atom stereocenters. The van der Waals surface area contributed by atoms with Crippen LogP contribution in [0, 0.1) is 0 Å². The maximum absolute atomic E-state index is 13.1. The normalized spacial score (nSPS) is 10.6. The van der Waals surface area contributed by atoms with Gasteiger partial charge >= 0.3 is 0 Å². The van der Waals surface area contributed by atoms with Crippen LogP contribution in [0.3, 0.4) is 0 Å². The van der Waals surface area contributed by atoms with E-state index in [1.54, 1.807) is 42.5 Å². The summed E-state index contributed by atoms with van der Waals surface area (Å²) in [5.41, 5.74) is 3.93. The Hall–Kier alpha value is -3.61. The number of ketones is 1. The third kappa shape index (κ3) is 4.82. The molecule has 0 atom stereocenters. The van der Waals surface area contributed by atoms with E-state index in [2.05, 4.69) is 15.6 Å². The number of benzene rings is 3. The summed E-state index contributed by atoms with van der Waals surface area (Å²) in [6, 6.07) is 23.3. The average molecular weight is 460 g/mol. The van der Waals surface area contributed by atoms with Crippen LogP contribution in [0.2, 0.25) is 5.02 Å². The van der Waals surface area contributed by atoms with Gasteiger partial charge in [0.15, 0.2) is 10.9 Å². The van der Waals surface area contributed by atoms with Crippen LogP contribution in [0.5, 0.6) is 0 Å². The smallest absolute Gasteiger partial charge is 0.258 e. The number of nitrogens with zero attached hydrogens (tertiary/aromatic N) is 1. The number of thiocarbonyl (C=S) groups is 1. The number of Topliss-reactive ketones (excluding diaryl/α,β-unsaturated/α-hetero) is 1. The number of anilines is 1. The molecule has 1 amide bonds. The van der Waals surface area contributed by atoms with E-state index in [0.29, 0.717) is 33.0 Å². The second kappa shape index (κ2) is 9.26. The fourth-order valence-electron chi connectivity index (χ4n) is 3.25. The number of aromatic nitrogens is 1. The molecule has 0 spiro atoms. The number of nitrogens with one attached hydrogen (secondary N) is 2. The number of fused-ring (bicyclic) bond motifs is 1. The predicted octanol–water partition coefficient (Wildman–Crippen LogP) is 5.88. The lowest BCUT2D eigenvalue weighted by Gasteiger charge is -2.12. The number of para-hydroxylation sites is 1. The van der Waals surface area contributed by atoms with Crippen molar-refractivity contribution in [1.82, 2.24) is 10.3 Å². The quantitative estimate of drug-likeness (QED) is 0.294. The van der Waals surface area contributed by atoms with E-state index in [0.717, 1.165) is 10.9 Å². The Morgan fingerprint density at radius 2 is 1.62 bits per heavy atom. The van der Waals surface area contributed by atoms with Crippen molar-refractivity contribution in [2.24, 2.45) is 0 Å². The molecule has 4 rings (SSSR count). The highest BCUT2D eigenvalue weighted by Gasteiger charge is 2.15. The van der Waals surface area contributed by atoms with E-state index in [4.69, 9.17) is 23.8 Å². The van der Waals surface area contributed by atoms with E-state index < -0.39 is 0 Å². The molecule has 3 aromatic carbocycles. The van der Waals surface area contributed by atoms with E-state index >= 15 is 0 Å². The molecule has 32 heavy (non-hydrogen) atoms. The molecule has 0 saturated carbocycles. The Bertz CT molecular complexity index is 1340. The van der Waals surface area contributed by atoms with Crippen LogP contribution >= 0.6 is 23.8 Å². The van der Waals surface area contributed by atoms with E-state index in [-0.39, 0.29) is 16.8 Å². The fraction of sp³-hybridized carbons (Fsp3) is 0.0400. The van der Waals surface area contributed by atoms with Gasteiger partial charge in [-0.25, -0.2) is 4.98 Å². The molecule has 2 N–H and O–H groups in total. The zero-order valence-electron chi connectivity index (χ0n) is 17.1. The molecule has 7 heteroatoms. The number of carbonyl (C=O) groups excluding carboxylic acids is 2. The molecule has 4 aromatic rings. The van der Waals surface area contributed by atoms with Crippen LogP contribution in [0.15, 0.2) is 78.9 Å². The van der Waals surface area contributed by atoms with Crippen molar-refractivity contribution in [1.29, 1.82) is 0 Å². The van der Waals surface area contributed by atoms with Gasteiger partial charge in [-0.3, -0.25) is 14.9 Å². The highest BCUT2D eigenvalue weighted by Crippen LogP contribution is 2.26. The summed E-state index contributed by atoms with van der Waals surface area (Å²) in [6.07, 6.45) is 0. The molecule has 5 nitrogen and oxygen atoms in total. The minimum atomic E-state index is -0.350. The number of carbonyl (C=O) groups is 2. The summed E-state index contributed by atoms with van der Waals surface area (Å²) >= 11 is 11.3. The molecular weight excluding hydrogens is 442 g/mol. The topological polar surface area (TPSA) is 71.1 Å². The van der Waals surface area contributed by atoms with Crippen LogP contribution in [-0.2, 0) is 0 Å². The van der Waals surface area contributed by atoms with Gasteiger partial charge in [0.25, 0.3) is 5.91 Å². The lowest BCUT2D eigenvalue weighted by Crippen LogP contribution is -2.34. The average Bonchev–Trinajstić information content (AvgIpc) is 2.79. The summed E-state index contributed by atoms with van der Waals surface area (Å²) < 4.78 is 0. The van der Waals surface area contributed by atoms with Gasteiger partial charge < -0.3 is 5.32 Å². The second-order valence-electron chi connectivity index (χ2n) is 7.12. The molecule has 0 saturated heterocycles. The summed E-state index contributed by atoms with van der Waals surface area (Å²) in [5, 5.41) is 7.19. The van der Waals surface area contributed by atoms with Crippen molar-refractivity contribution in [3.63, 3.8) is 0 Å². The van der Waals surface area contributed by atoms with E-state index in [1.165, 1.54) is 6.92 Å². The monoisotopic (exact) mass is 459 g/mol. The zero-order chi connectivity index (χ0) is 22.7. The first-order chi connectivity index (χ1) is 15.4. The molecular formula is C25H18ClN3O2S. The molecule has 0 aliphatic rings. The van der Waals surface area contributed by atoms with E-state index in [9.17, 15) is 9.59 Å². The van der Waals surface area contributed by atoms with Gasteiger partial charge in [-0.1, -0.05) is 41.9 Å². The van der Waals surface area contributed by atoms with E-state index in [1.807, 2.05) is 36.4 Å². The van der Waals surface area contributed by atoms with Crippen molar-refractivity contribution in [3.05, 3.63) is 95.0 Å². The zero-order valence-corrected chi connectivity index (χ0v) is 18.6. The Kier molecular flexibility index (Phi) is 6.25. The summed E-state index contributed by atoms with van der Waals surface area (Å²) in [6.45, 7) is 1.50. The summed E-state index contributed by atoms with van der Waals surface area (Å²) in [5.74, 6) is -0.370. The van der Waals surface area contributed by atoms with Crippen LogP contribution in [0.4, 0.5) is 5.69 Å². The number of rotatable bonds is 4.